The minimum atomic E-state index is -4.62. The molecule has 0 aliphatic rings. The number of quaternary nitrogens is 1. The van der Waals surface area contributed by atoms with Crippen molar-refractivity contribution in [2.24, 2.45) is 0 Å². The summed E-state index contributed by atoms with van der Waals surface area (Å²) in [7, 11) is 1.21. The molecule has 0 aliphatic heterocycles. The van der Waals surface area contributed by atoms with Gasteiger partial charge in [-0.1, -0.05) is 207 Å². The van der Waals surface area contributed by atoms with E-state index in [4.69, 9.17) is 9.05 Å². The maximum absolute atomic E-state index is 12.9. The number of unbranched alkanes of at least 4 members (excludes halogenated alkanes) is 19. The topological polar surface area (TPSA) is 108 Å². The van der Waals surface area contributed by atoms with Crippen LogP contribution in [0.2, 0.25) is 0 Å². The highest BCUT2D eigenvalue weighted by atomic mass is 31.2. The molecular weight excluding hydrogens is 828 g/mol. The number of nitrogens with zero attached hydrogens (tertiary/aromatic N) is 1. The van der Waals surface area contributed by atoms with Crippen LogP contribution in [0.4, 0.5) is 0 Å². The highest BCUT2D eigenvalue weighted by molar-refractivity contribution is 7.45. The van der Waals surface area contributed by atoms with E-state index in [2.05, 4.69) is 104 Å². The SMILES string of the molecule is CC/C=C\C/C=C\C/C=C\C/C=C\C/C=C\C/C=C\CCCCCCC(=O)NC(COP(=O)([O-])OCC[N+](C)(C)C)C(O)/C=C/CC/C=C/CCCCCCCCCCCCCCCC. The fourth-order valence-corrected chi connectivity index (χ4v) is 7.66. The van der Waals surface area contributed by atoms with Gasteiger partial charge in [0.15, 0.2) is 0 Å². The van der Waals surface area contributed by atoms with Crippen LogP contribution in [0.3, 0.4) is 0 Å². The van der Waals surface area contributed by atoms with Crippen molar-refractivity contribution in [3.05, 3.63) is 97.2 Å². The van der Waals surface area contributed by atoms with Gasteiger partial charge in [-0.3, -0.25) is 9.36 Å². The van der Waals surface area contributed by atoms with Gasteiger partial charge in [-0.05, 0) is 83.5 Å². The Morgan fingerprint density at radius 3 is 1.43 bits per heavy atom. The second kappa shape index (κ2) is 46.5. The van der Waals surface area contributed by atoms with E-state index in [1.165, 1.54) is 89.9 Å². The summed E-state index contributed by atoms with van der Waals surface area (Å²) in [6, 6.07) is -0.924. The van der Waals surface area contributed by atoms with Gasteiger partial charge < -0.3 is 28.8 Å². The molecule has 0 spiro atoms. The molecule has 8 nitrogen and oxygen atoms in total. The van der Waals surface area contributed by atoms with Crippen molar-refractivity contribution < 1.29 is 32.9 Å². The summed E-state index contributed by atoms with van der Waals surface area (Å²) in [4.78, 5) is 25.4. The van der Waals surface area contributed by atoms with E-state index in [9.17, 15) is 19.4 Å². The molecule has 0 rings (SSSR count). The number of likely N-dealkylation sites (N-methyl/N-ethyl adjacent to an activating group) is 1. The largest absolute Gasteiger partial charge is 0.756 e. The first-order valence-electron chi connectivity index (χ1n) is 26.1. The molecule has 0 saturated carbocycles. The van der Waals surface area contributed by atoms with E-state index in [1.807, 2.05) is 27.2 Å². The predicted molar refractivity (Wildman–Crippen MR) is 279 cm³/mol. The molecule has 0 aromatic heterocycles. The van der Waals surface area contributed by atoms with Crippen LogP contribution in [-0.2, 0) is 18.4 Å². The molecule has 0 heterocycles. The summed E-state index contributed by atoms with van der Waals surface area (Å²) in [5.41, 5.74) is 0. The summed E-state index contributed by atoms with van der Waals surface area (Å²) < 4.78 is 23.3. The number of carbonyl (C=O) groups is 1. The van der Waals surface area contributed by atoms with Crippen LogP contribution in [0.15, 0.2) is 97.2 Å². The van der Waals surface area contributed by atoms with Crippen LogP contribution in [0.1, 0.15) is 200 Å². The first-order valence-corrected chi connectivity index (χ1v) is 27.6. The van der Waals surface area contributed by atoms with Gasteiger partial charge in [0.05, 0.1) is 39.9 Å². The highest BCUT2D eigenvalue weighted by Gasteiger charge is 2.23. The number of phosphoric ester groups is 1. The molecule has 0 aliphatic carbocycles. The van der Waals surface area contributed by atoms with E-state index in [-0.39, 0.29) is 12.5 Å². The summed E-state index contributed by atoms with van der Waals surface area (Å²) in [5.74, 6) is -0.235. The molecule has 0 bridgehead atoms. The number of allylic oxidation sites excluding steroid dienone is 15. The molecule has 374 valence electrons. The Morgan fingerprint density at radius 2 is 0.954 bits per heavy atom. The molecule has 0 saturated heterocycles. The van der Waals surface area contributed by atoms with Crippen LogP contribution < -0.4 is 10.2 Å². The lowest BCUT2D eigenvalue weighted by Crippen LogP contribution is -2.45. The Bertz CT molecular complexity index is 1370. The van der Waals surface area contributed by atoms with Crippen LogP contribution in [0.25, 0.3) is 0 Å². The Labute approximate surface area is 400 Å². The van der Waals surface area contributed by atoms with E-state index >= 15 is 0 Å². The van der Waals surface area contributed by atoms with Gasteiger partial charge in [-0.25, -0.2) is 0 Å². The minimum absolute atomic E-state index is 0.0171. The lowest BCUT2D eigenvalue weighted by molar-refractivity contribution is -0.870. The molecular formula is C56H99N2O6P. The summed E-state index contributed by atoms with van der Waals surface area (Å²) >= 11 is 0. The number of rotatable bonds is 46. The third-order valence-electron chi connectivity index (χ3n) is 11.0. The predicted octanol–water partition coefficient (Wildman–Crippen LogP) is 14.8. The van der Waals surface area contributed by atoms with Gasteiger partial charge in [-0.2, -0.15) is 0 Å². The van der Waals surface area contributed by atoms with Gasteiger partial charge >= 0.3 is 0 Å². The van der Waals surface area contributed by atoms with Gasteiger partial charge in [0.1, 0.15) is 13.2 Å². The lowest BCUT2D eigenvalue weighted by Gasteiger charge is -2.29. The van der Waals surface area contributed by atoms with Crippen molar-refractivity contribution in [3.63, 3.8) is 0 Å². The van der Waals surface area contributed by atoms with E-state index < -0.39 is 26.6 Å². The molecule has 1 amide bonds. The van der Waals surface area contributed by atoms with Gasteiger partial charge in [0.25, 0.3) is 7.82 Å². The van der Waals surface area contributed by atoms with Crippen molar-refractivity contribution in [1.29, 1.82) is 0 Å². The Balaban J connectivity index is 4.44. The van der Waals surface area contributed by atoms with Crippen molar-refractivity contribution in [3.8, 4) is 0 Å². The number of aliphatic hydroxyl groups excluding tert-OH is 1. The summed E-state index contributed by atoms with van der Waals surface area (Å²) in [6.45, 7) is 4.48. The lowest BCUT2D eigenvalue weighted by atomic mass is 10.0. The summed E-state index contributed by atoms with van der Waals surface area (Å²) in [6.07, 6.45) is 66.1. The molecule has 3 atom stereocenters. The van der Waals surface area contributed by atoms with Crippen LogP contribution in [0.5, 0.6) is 0 Å². The standard InChI is InChI=1S/C56H99N2O6P/c1-6-8-10-12-14-16-18-20-22-24-26-28-29-30-32-34-36-38-40-42-44-46-48-50-56(60)57-54(53-64-65(61,62)63-52-51-58(3,4)5)55(59)49-47-45-43-41-39-37-35-33-31-27-25-23-21-19-17-15-13-11-9-7-2/h8,10,14,16,20,22,26,28,30,32,36,38-39,41,47,49,54-55,59H,6-7,9,11-13,15,17-19,21,23-25,27,29,31,33-35,37,40,42-46,48,50-53H2,1-5H3,(H-,57,60,61,62)/b10-8-,16-14-,22-20-,28-26-,32-30-,38-36-,41-39+,49-47+. The number of carbonyl (C=O) groups excluding carboxylic acids is 1. The van der Waals surface area contributed by atoms with Gasteiger partial charge in [-0.15, -0.1) is 0 Å². The fraction of sp³-hybridized carbons (Fsp3) is 0.696. The van der Waals surface area contributed by atoms with E-state index in [1.54, 1.807) is 6.08 Å². The van der Waals surface area contributed by atoms with Crippen molar-refractivity contribution in [1.82, 2.24) is 5.32 Å². The molecule has 65 heavy (non-hydrogen) atoms. The quantitative estimate of drug-likeness (QED) is 0.0272. The number of hydrogen-bond donors (Lipinski definition) is 2. The molecule has 3 unspecified atom stereocenters. The van der Waals surface area contributed by atoms with Gasteiger partial charge in [0, 0.05) is 6.42 Å². The third-order valence-corrected chi connectivity index (χ3v) is 12.0. The third kappa shape index (κ3) is 49.2. The van der Waals surface area contributed by atoms with E-state index in [0.717, 1.165) is 89.9 Å². The molecule has 9 heteroatoms. The maximum atomic E-state index is 12.9. The summed E-state index contributed by atoms with van der Waals surface area (Å²) in [5, 5.41) is 13.8. The number of nitrogens with one attached hydrogen (secondary N) is 1. The average Bonchev–Trinajstić information content (AvgIpc) is 3.26. The van der Waals surface area contributed by atoms with Crippen molar-refractivity contribution >= 4 is 13.7 Å². The molecule has 2 N–H and O–H groups in total. The van der Waals surface area contributed by atoms with Crippen LogP contribution >= 0.6 is 7.82 Å². The Morgan fingerprint density at radius 1 is 0.554 bits per heavy atom. The zero-order valence-electron chi connectivity index (χ0n) is 42.4. The monoisotopic (exact) mass is 927 g/mol. The smallest absolute Gasteiger partial charge is 0.268 e. The number of aliphatic hydroxyl groups is 1. The van der Waals surface area contributed by atoms with Gasteiger partial charge in [0.2, 0.25) is 5.91 Å². The number of phosphoric acid groups is 1. The number of hydrogen-bond acceptors (Lipinski definition) is 6. The van der Waals surface area contributed by atoms with Crippen molar-refractivity contribution in [2.75, 3.05) is 40.9 Å². The zero-order chi connectivity index (χ0) is 47.8. The normalized spacial score (nSPS) is 14.9. The highest BCUT2D eigenvalue weighted by Crippen LogP contribution is 2.38. The zero-order valence-corrected chi connectivity index (χ0v) is 43.3. The molecule has 0 radical (unpaired) electrons. The first-order chi connectivity index (χ1) is 31.5. The fourth-order valence-electron chi connectivity index (χ4n) is 6.94. The Kier molecular flexibility index (Phi) is 44.7. The molecule has 0 aromatic carbocycles. The number of amides is 1. The van der Waals surface area contributed by atoms with Crippen LogP contribution in [0, 0.1) is 0 Å². The second-order valence-corrected chi connectivity index (χ2v) is 19.9. The second-order valence-electron chi connectivity index (χ2n) is 18.5. The average molecular weight is 927 g/mol. The minimum Gasteiger partial charge on any atom is -0.756 e. The van der Waals surface area contributed by atoms with E-state index in [0.29, 0.717) is 17.4 Å². The molecule has 0 fully saturated rings. The first kappa shape index (κ1) is 62.4. The van der Waals surface area contributed by atoms with Crippen LogP contribution in [-0.4, -0.2) is 68.5 Å². The Hall–Kier alpha value is -2.58. The molecule has 0 aromatic rings. The van der Waals surface area contributed by atoms with Crippen molar-refractivity contribution in [2.45, 2.75) is 212 Å². The maximum Gasteiger partial charge on any atom is 0.268 e.